The van der Waals surface area contributed by atoms with Crippen molar-refractivity contribution in [3.63, 3.8) is 0 Å². The lowest BCUT2D eigenvalue weighted by molar-refractivity contribution is 0.111. The van der Waals surface area contributed by atoms with Crippen LogP contribution in [0, 0.1) is 0 Å². The molecule has 0 aliphatic rings. The molecule has 0 aliphatic carbocycles. The summed E-state index contributed by atoms with van der Waals surface area (Å²) in [4.78, 5) is 15.0. The van der Waals surface area contributed by atoms with Gasteiger partial charge in [-0.3, -0.25) is 4.79 Å². The quantitative estimate of drug-likeness (QED) is 0.599. The van der Waals surface area contributed by atoms with Crippen molar-refractivity contribution in [1.29, 1.82) is 0 Å². The van der Waals surface area contributed by atoms with E-state index in [1.54, 1.807) is 12.3 Å². The van der Waals surface area contributed by atoms with Crippen LogP contribution in [0.3, 0.4) is 0 Å². The summed E-state index contributed by atoms with van der Waals surface area (Å²) in [6.07, 6.45) is 2.23. The van der Waals surface area contributed by atoms with Crippen LogP contribution in [0.1, 0.15) is 16.1 Å². The second-order valence-electron chi connectivity index (χ2n) is 4.74. The van der Waals surface area contributed by atoms with Gasteiger partial charge in [0.2, 0.25) is 0 Å². The molecular weight excluding hydrogens is 366 g/mol. The van der Waals surface area contributed by atoms with Gasteiger partial charge in [0.15, 0.2) is 6.29 Å². The van der Waals surface area contributed by atoms with Crippen LogP contribution in [0.5, 0.6) is 5.75 Å². The van der Waals surface area contributed by atoms with Crippen molar-refractivity contribution in [2.75, 3.05) is 0 Å². The van der Waals surface area contributed by atoms with Crippen molar-refractivity contribution in [1.82, 2.24) is 4.98 Å². The Morgan fingerprint density at radius 2 is 2.05 bits per heavy atom. The Balaban J connectivity index is 1.88. The number of ether oxygens (including phenoxy) is 1. The molecule has 0 atom stereocenters. The van der Waals surface area contributed by atoms with Gasteiger partial charge in [0.25, 0.3) is 0 Å². The van der Waals surface area contributed by atoms with Crippen molar-refractivity contribution in [3.8, 4) is 5.75 Å². The first-order valence-electron chi connectivity index (χ1n) is 6.58. The highest BCUT2D eigenvalue weighted by molar-refractivity contribution is 9.10. The fourth-order valence-corrected chi connectivity index (χ4v) is 2.82. The number of rotatable bonds is 4. The summed E-state index contributed by atoms with van der Waals surface area (Å²) in [6, 6.07) is 13.5. The molecule has 22 heavy (non-hydrogen) atoms. The summed E-state index contributed by atoms with van der Waals surface area (Å²) in [5.74, 6) is 0.439. The van der Waals surface area contributed by atoms with Gasteiger partial charge in [-0.15, -0.1) is 0 Å². The molecule has 0 amide bonds. The monoisotopic (exact) mass is 375 g/mol. The van der Waals surface area contributed by atoms with Gasteiger partial charge in [-0.05, 0) is 45.1 Å². The fourth-order valence-electron chi connectivity index (χ4n) is 2.20. The normalized spacial score (nSPS) is 10.6. The van der Waals surface area contributed by atoms with Crippen LogP contribution in [0.15, 0.2) is 53.1 Å². The van der Waals surface area contributed by atoms with Gasteiger partial charge in [0.1, 0.15) is 18.1 Å². The molecule has 3 nitrogen and oxygen atoms in total. The third-order valence-corrected chi connectivity index (χ3v) is 3.97. The molecule has 0 bridgehead atoms. The molecule has 0 fully saturated rings. The molecule has 0 spiro atoms. The zero-order chi connectivity index (χ0) is 15.5. The molecule has 1 aromatic heterocycles. The van der Waals surface area contributed by atoms with Gasteiger partial charge in [-0.2, -0.15) is 0 Å². The largest absolute Gasteiger partial charge is 0.486 e. The van der Waals surface area contributed by atoms with Crippen molar-refractivity contribution >= 4 is 44.6 Å². The number of pyridine rings is 1. The lowest BCUT2D eigenvalue weighted by Gasteiger charge is -2.10. The van der Waals surface area contributed by atoms with Crippen molar-refractivity contribution in [3.05, 3.63) is 69.4 Å². The number of halogens is 2. The molecule has 1 heterocycles. The predicted molar refractivity (Wildman–Crippen MR) is 90.6 cm³/mol. The molecular formula is C17H11BrClNO2. The van der Waals surface area contributed by atoms with Gasteiger partial charge in [0, 0.05) is 21.1 Å². The van der Waals surface area contributed by atoms with Crippen LogP contribution in [-0.4, -0.2) is 11.3 Å². The highest BCUT2D eigenvalue weighted by Crippen LogP contribution is 2.27. The van der Waals surface area contributed by atoms with Crippen molar-refractivity contribution in [2.45, 2.75) is 6.61 Å². The molecule has 0 radical (unpaired) electrons. The third-order valence-electron chi connectivity index (χ3n) is 3.23. The van der Waals surface area contributed by atoms with E-state index in [1.165, 1.54) is 0 Å². The summed E-state index contributed by atoms with van der Waals surface area (Å²) < 4.78 is 6.47. The summed E-state index contributed by atoms with van der Waals surface area (Å²) in [5, 5.41) is 2.74. The number of aromatic nitrogens is 1. The minimum atomic E-state index is 0.273. The van der Waals surface area contributed by atoms with E-state index >= 15 is 0 Å². The van der Waals surface area contributed by atoms with Crippen LogP contribution < -0.4 is 4.74 Å². The average Bonchev–Trinajstić information content (AvgIpc) is 2.53. The number of hydrogen-bond acceptors (Lipinski definition) is 3. The van der Waals surface area contributed by atoms with Crippen LogP contribution >= 0.6 is 27.5 Å². The van der Waals surface area contributed by atoms with E-state index in [9.17, 15) is 4.79 Å². The first kappa shape index (κ1) is 15.0. The number of carbonyl (C=O) groups excluding carboxylic acids is 1. The van der Waals surface area contributed by atoms with Crippen LogP contribution in [0.25, 0.3) is 10.8 Å². The Bertz CT molecular complexity index is 851. The molecule has 5 heteroatoms. The lowest BCUT2D eigenvalue weighted by atomic mass is 10.1. The standard InChI is InChI=1S/C17H11BrClNO2/c18-13-7-17(16(9-21)20-8-13)22-10-11-5-12-3-1-2-4-14(12)15(19)6-11/h1-9H,10H2. The number of nitrogens with zero attached hydrogens (tertiary/aromatic N) is 1. The van der Waals surface area contributed by atoms with E-state index in [1.807, 2.05) is 36.4 Å². The van der Waals surface area contributed by atoms with E-state index in [0.29, 0.717) is 23.7 Å². The van der Waals surface area contributed by atoms with Gasteiger partial charge in [0.05, 0.1) is 0 Å². The topological polar surface area (TPSA) is 39.2 Å². The van der Waals surface area contributed by atoms with E-state index in [0.717, 1.165) is 20.8 Å². The van der Waals surface area contributed by atoms with Crippen molar-refractivity contribution in [2.24, 2.45) is 0 Å². The average molecular weight is 377 g/mol. The molecule has 0 saturated heterocycles. The second-order valence-corrected chi connectivity index (χ2v) is 6.07. The maximum Gasteiger partial charge on any atom is 0.172 e. The molecule has 2 aromatic carbocycles. The van der Waals surface area contributed by atoms with E-state index < -0.39 is 0 Å². The summed E-state index contributed by atoms with van der Waals surface area (Å²) in [7, 11) is 0. The van der Waals surface area contributed by atoms with Crippen LogP contribution in [0.4, 0.5) is 0 Å². The van der Waals surface area contributed by atoms with Crippen LogP contribution in [0.2, 0.25) is 5.02 Å². The number of fused-ring (bicyclic) bond motifs is 1. The number of aldehydes is 1. The predicted octanol–water partition coefficient (Wildman–Crippen LogP) is 5.04. The zero-order valence-electron chi connectivity index (χ0n) is 11.4. The maximum atomic E-state index is 11.0. The number of hydrogen-bond donors (Lipinski definition) is 0. The van der Waals surface area contributed by atoms with E-state index in [-0.39, 0.29) is 5.69 Å². The molecule has 110 valence electrons. The zero-order valence-corrected chi connectivity index (χ0v) is 13.8. The van der Waals surface area contributed by atoms with E-state index in [2.05, 4.69) is 20.9 Å². The SMILES string of the molecule is O=Cc1ncc(Br)cc1OCc1cc(Cl)c2ccccc2c1. The Morgan fingerprint density at radius 3 is 2.86 bits per heavy atom. The van der Waals surface area contributed by atoms with Gasteiger partial charge >= 0.3 is 0 Å². The maximum absolute atomic E-state index is 11.0. The minimum Gasteiger partial charge on any atom is -0.486 e. The molecule has 0 aliphatic heterocycles. The number of carbonyl (C=O) groups is 1. The van der Waals surface area contributed by atoms with E-state index in [4.69, 9.17) is 16.3 Å². The van der Waals surface area contributed by atoms with Gasteiger partial charge in [-0.1, -0.05) is 35.9 Å². The Morgan fingerprint density at radius 1 is 1.23 bits per heavy atom. The summed E-state index contributed by atoms with van der Waals surface area (Å²) >= 11 is 9.61. The fraction of sp³-hybridized carbons (Fsp3) is 0.0588. The minimum absolute atomic E-state index is 0.273. The molecule has 3 rings (SSSR count). The summed E-state index contributed by atoms with van der Waals surface area (Å²) in [5.41, 5.74) is 1.20. The number of benzene rings is 2. The highest BCUT2D eigenvalue weighted by atomic mass is 79.9. The Labute approximate surface area is 141 Å². The first-order valence-corrected chi connectivity index (χ1v) is 7.75. The Hall–Kier alpha value is -1.91. The molecule has 0 unspecified atom stereocenters. The van der Waals surface area contributed by atoms with Crippen LogP contribution in [-0.2, 0) is 6.61 Å². The first-order chi connectivity index (χ1) is 10.7. The smallest absolute Gasteiger partial charge is 0.172 e. The molecule has 0 saturated carbocycles. The molecule has 0 N–H and O–H groups in total. The van der Waals surface area contributed by atoms with Crippen molar-refractivity contribution < 1.29 is 9.53 Å². The third kappa shape index (κ3) is 3.13. The summed E-state index contributed by atoms with van der Waals surface area (Å²) in [6.45, 7) is 0.309. The van der Waals surface area contributed by atoms with Gasteiger partial charge in [-0.25, -0.2) is 4.98 Å². The highest BCUT2D eigenvalue weighted by Gasteiger charge is 2.07. The Kier molecular flexibility index (Phi) is 4.41. The second kappa shape index (κ2) is 6.46. The lowest BCUT2D eigenvalue weighted by Crippen LogP contribution is -2.00. The van der Waals surface area contributed by atoms with Gasteiger partial charge < -0.3 is 4.74 Å². The molecule has 3 aromatic rings.